The number of alkyl halides is 6. The lowest BCUT2D eigenvalue weighted by molar-refractivity contribution is -0.138. The number of benzene rings is 2. The van der Waals surface area contributed by atoms with E-state index in [1.165, 1.54) is 49.6 Å². The fourth-order valence-corrected chi connectivity index (χ4v) is 5.65. The highest BCUT2D eigenvalue weighted by atomic mass is 19.4. The number of carbonyl (C=O) groups is 4. The minimum absolute atomic E-state index is 0.0648. The van der Waals surface area contributed by atoms with Gasteiger partial charge >= 0.3 is 24.4 Å². The lowest BCUT2D eigenvalue weighted by Gasteiger charge is -2.27. The molecule has 2 heterocycles. The topological polar surface area (TPSA) is 169 Å². The van der Waals surface area contributed by atoms with Crippen LogP contribution in [0.25, 0.3) is 0 Å². The zero-order valence-electron chi connectivity index (χ0n) is 28.6. The van der Waals surface area contributed by atoms with Gasteiger partial charge in [-0.2, -0.15) is 36.9 Å². The molecular weight excluding hydrogens is 702 g/mol. The molecule has 280 valence electrons. The molecule has 12 nitrogen and oxygen atoms in total. The quantitative estimate of drug-likeness (QED) is 0.175. The maximum Gasteiger partial charge on any atom is 0.417 e. The number of nitriles is 2. The van der Waals surface area contributed by atoms with Gasteiger partial charge in [0.15, 0.2) is 0 Å². The third-order valence-electron chi connectivity index (χ3n) is 8.60. The van der Waals surface area contributed by atoms with Gasteiger partial charge in [-0.15, -0.1) is 0 Å². The first kappa shape index (κ1) is 41.2. The van der Waals surface area contributed by atoms with E-state index in [2.05, 4.69) is 0 Å². The summed E-state index contributed by atoms with van der Waals surface area (Å²) in [6.45, 7) is 6.31. The molecule has 0 bridgehead atoms. The summed E-state index contributed by atoms with van der Waals surface area (Å²) in [5.74, 6) is -1.30. The molecular formula is C34H36F6N6O6. The highest BCUT2D eigenvalue weighted by Gasteiger charge is 2.53. The van der Waals surface area contributed by atoms with Gasteiger partial charge in [-0.3, -0.25) is 9.59 Å². The van der Waals surface area contributed by atoms with Gasteiger partial charge < -0.3 is 20.0 Å². The Balaban J connectivity index is 0.000000280. The van der Waals surface area contributed by atoms with Crippen molar-refractivity contribution in [1.82, 2.24) is 9.80 Å². The summed E-state index contributed by atoms with van der Waals surface area (Å²) in [5.41, 5.74) is -6.48. The highest BCUT2D eigenvalue weighted by molar-refractivity contribution is 6.23. The van der Waals surface area contributed by atoms with Crippen molar-refractivity contribution in [3.05, 3.63) is 58.7 Å². The number of urea groups is 2. The van der Waals surface area contributed by atoms with Gasteiger partial charge in [0.25, 0.3) is 11.8 Å². The van der Waals surface area contributed by atoms with Crippen molar-refractivity contribution in [2.45, 2.75) is 76.8 Å². The second-order valence-electron chi connectivity index (χ2n) is 12.8. The number of amides is 6. The normalized spacial score (nSPS) is 17.0. The van der Waals surface area contributed by atoms with Gasteiger partial charge in [0.2, 0.25) is 0 Å². The Kier molecular flexibility index (Phi) is 12.4. The van der Waals surface area contributed by atoms with Crippen LogP contribution in [-0.4, -0.2) is 81.3 Å². The number of halogens is 6. The largest absolute Gasteiger partial charge is 0.417 e. The van der Waals surface area contributed by atoms with E-state index in [1.54, 1.807) is 0 Å². The summed E-state index contributed by atoms with van der Waals surface area (Å²) in [7, 11) is 0. The standard InChI is InChI=1S/2C17H18F3N3O3/c2*1-16(2)14(25)23(15(26)22(16)7-3-4-8-24)12-6-5-11(10-21)13(9-12)17(18,19)20/h2*5-6,9,24H,3-4,7-8H2,1-2H3. The second kappa shape index (κ2) is 15.6. The number of aliphatic hydroxyl groups excluding tert-OH is 2. The molecule has 4 rings (SSSR count). The average Bonchev–Trinajstić information content (AvgIpc) is 3.35. The van der Waals surface area contributed by atoms with E-state index in [0.29, 0.717) is 47.6 Å². The molecule has 18 heteroatoms. The first-order valence-corrected chi connectivity index (χ1v) is 15.9. The second-order valence-corrected chi connectivity index (χ2v) is 12.8. The maximum absolute atomic E-state index is 13.2. The molecule has 0 spiro atoms. The van der Waals surface area contributed by atoms with Gasteiger partial charge in [-0.05, 0) is 89.8 Å². The number of aliphatic hydroxyl groups is 2. The fourth-order valence-electron chi connectivity index (χ4n) is 5.65. The fraction of sp³-hybridized carbons (Fsp3) is 0.471. The van der Waals surface area contributed by atoms with E-state index < -0.39 is 69.6 Å². The van der Waals surface area contributed by atoms with E-state index in [0.717, 1.165) is 24.3 Å². The van der Waals surface area contributed by atoms with Gasteiger partial charge in [-0.1, -0.05) is 0 Å². The summed E-state index contributed by atoms with van der Waals surface area (Å²) in [4.78, 5) is 54.6. The van der Waals surface area contributed by atoms with Crippen LogP contribution in [-0.2, 0) is 21.9 Å². The van der Waals surface area contributed by atoms with Crippen molar-refractivity contribution in [1.29, 1.82) is 10.5 Å². The summed E-state index contributed by atoms with van der Waals surface area (Å²) in [5, 5.41) is 35.4. The lowest BCUT2D eigenvalue weighted by Crippen LogP contribution is -2.44. The molecule has 2 saturated heterocycles. The van der Waals surface area contributed by atoms with Crippen LogP contribution >= 0.6 is 0 Å². The Hall–Kier alpha value is -5.20. The molecule has 2 aliphatic heterocycles. The van der Waals surface area contributed by atoms with Gasteiger partial charge in [0, 0.05) is 26.3 Å². The smallest absolute Gasteiger partial charge is 0.396 e. The van der Waals surface area contributed by atoms with Gasteiger partial charge in [-0.25, -0.2) is 19.4 Å². The number of imide groups is 2. The van der Waals surface area contributed by atoms with E-state index >= 15 is 0 Å². The highest BCUT2D eigenvalue weighted by Crippen LogP contribution is 2.39. The van der Waals surface area contributed by atoms with E-state index in [1.807, 2.05) is 0 Å². The van der Waals surface area contributed by atoms with E-state index in [-0.39, 0.29) is 37.7 Å². The van der Waals surface area contributed by atoms with Crippen LogP contribution in [0.2, 0.25) is 0 Å². The minimum Gasteiger partial charge on any atom is -0.396 e. The first-order chi connectivity index (χ1) is 24.1. The third-order valence-corrected chi connectivity index (χ3v) is 8.60. The molecule has 2 aliphatic rings. The van der Waals surface area contributed by atoms with E-state index in [4.69, 9.17) is 20.7 Å². The number of carbonyl (C=O) groups excluding carboxylic acids is 4. The van der Waals surface area contributed by atoms with Crippen LogP contribution in [0, 0.1) is 22.7 Å². The van der Waals surface area contributed by atoms with Crippen LogP contribution in [0.5, 0.6) is 0 Å². The van der Waals surface area contributed by atoms with Crippen LogP contribution in [0.4, 0.5) is 47.3 Å². The summed E-state index contributed by atoms with van der Waals surface area (Å²) in [6.07, 6.45) is -7.80. The number of rotatable bonds is 10. The van der Waals surface area contributed by atoms with Gasteiger partial charge in [0.05, 0.1) is 45.8 Å². The molecule has 2 fully saturated rings. The predicted molar refractivity (Wildman–Crippen MR) is 172 cm³/mol. The molecule has 0 radical (unpaired) electrons. The average molecular weight is 739 g/mol. The predicted octanol–water partition coefficient (Wildman–Crippen LogP) is 5.79. The Morgan fingerprint density at radius 1 is 0.615 bits per heavy atom. The molecule has 6 amide bonds. The molecule has 2 aromatic carbocycles. The Morgan fingerprint density at radius 2 is 0.942 bits per heavy atom. The molecule has 2 N–H and O–H groups in total. The van der Waals surface area contributed by atoms with Gasteiger partial charge in [0.1, 0.15) is 11.1 Å². The SMILES string of the molecule is CC1(C)C(=O)N(c2ccc(C#N)c(C(F)(F)F)c2)C(=O)N1CCCCO.CC1(C)C(=O)N(c2ccc(C#N)c(C(F)(F)F)c2)C(=O)N1CCCCO. The lowest BCUT2D eigenvalue weighted by atomic mass is 10.0. The number of unbranched alkanes of at least 4 members (excludes halogenated alkanes) is 2. The van der Waals surface area contributed by atoms with Crippen molar-refractivity contribution >= 4 is 35.3 Å². The minimum atomic E-state index is -4.79. The summed E-state index contributed by atoms with van der Waals surface area (Å²) in [6, 6.07) is 6.94. The monoisotopic (exact) mass is 738 g/mol. The van der Waals surface area contributed by atoms with Crippen LogP contribution in [0.3, 0.4) is 0 Å². The molecule has 0 aliphatic carbocycles. The van der Waals surface area contributed by atoms with Crippen molar-refractivity contribution < 1.29 is 55.7 Å². The van der Waals surface area contributed by atoms with Crippen molar-refractivity contribution in [2.24, 2.45) is 0 Å². The van der Waals surface area contributed by atoms with Crippen molar-refractivity contribution in [3.8, 4) is 12.1 Å². The Bertz CT molecular complexity index is 1670. The third kappa shape index (κ3) is 8.13. The summed E-state index contributed by atoms with van der Waals surface area (Å²) >= 11 is 0. The number of hydrogen-bond acceptors (Lipinski definition) is 8. The zero-order valence-corrected chi connectivity index (χ0v) is 28.6. The van der Waals surface area contributed by atoms with Crippen LogP contribution in [0.1, 0.15) is 75.6 Å². The van der Waals surface area contributed by atoms with Crippen molar-refractivity contribution in [3.63, 3.8) is 0 Å². The molecule has 0 unspecified atom stereocenters. The molecule has 0 saturated carbocycles. The Morgan fingerprint density at radius 3 is 1.21 bits per heavy atom. The molecule has 0 aromatic heterocycles. The summed E-state index contributed by atoms with van der Waals surface area (Å²) < 4.78 is 78.9. The Labute approximate surface area is 295 Å². The van der Waals surface area contributed by atoms with Crippen molar-refractivity contribution in [2.75, 3.05) is 36.1 Å². The number of hydrogen-bond donors (Lipinski definition) is 2. The van der Waals surface area contributed by atoms with Crippen LogP contribution < -0.4 is 9.80 Å². The van der Waals surface area contributed by atoms with E-state index in [9.17, 15) is 45.5 Å². The molecule has 2 aromatic rings. The molecule has 0 atom stereocenters. The maximum atomic E-state index is 13.2. The van der Waals surface area contributed by atoms with Crippen LogP contribution in [0.15, 0.2) is 36.4 Å². The molecule has 52 heavy (non-hydrogen) atoms. The zero-order chi connectivity index (χ0) is 39.4. The number of anilines is 2. The first-order valence-electron chi connectivity index (χ1n) is 15.9. The number of nitrogens with zero attached hydrogens (tertiary/aromatic N) is 6.